The number of aromatic nitrogens is 1. The van der Waals surface area contributed by atoms with Crippen LogP contribution in [0.2, 0.25) is 0 Å². The molecule has 0 saturated carbocycles. The highest BCUT2D eigenvalue weighted by Gasteiger charge is 2.48. The monoisotopic (exact) mass is 593 g/mol. The molecule has 2 amide bonds. The van der Waals surface area contributed by atoms with Crippen LogP contribution in [0.3, 0.4) is 0 Å². The molecule has 42 heavy (non-hydrogen) atoms. The van der Waals surface area contributed by atoms with Gasteiger partial charge in [0.1, 0.15) is 17.8 Å². The largest absolute Gasteiger partial charge is 0.467 e. The molecule has 0 bridgehead atoms. The Labute approximate surface area is 241 Å². The summed E-state index contributed by atoms with van der Waals surface area (Å²) in [5.74, 6) is -2.03. The fraction of sp³-hybridized carbons (Fsp3) is 0.286. The third-order valence-corrected chi connectivity index (χ3v) is 9.25. The van der Waals surface area contributed by atoms with Crippen molar-refractivity contribution in [1.82, 2.24) is 19.5 Å². The van der Waals surface area contributed by atoms with Crippen molar-refractivity contribution in [3.63, 3.8) is 0 Å². The van der Waals surface area contributed by atoms with Gasteiger partial charge in [0.05, 0.1) is 12.0 Å². The number of benzene rings is 2. The Kier molecular flexibility index (Phi) is 8.00. The minimum absolute atomic E-state index is 0.130. The molecule has 0 radical (unpaired) electrons. The number of rotatable bonds is 6. The summed E-state index contributed by atoms with van der Waals surface area (Å²) in [7, 11) is -3.33. The second-order valence-electron chi connectivity index (χ2n) is 9.83. The summed E-state index contributed by atoms with van der Waals surface area (Å²) < 4.78 is 33.2. The van der Waals surface area contributed by atoms with Crippen molar-refractivity contribution in [3.05, 3.63) is 88.8 Å². The molecule has 3 atom stereocenters. The van der Waals surface area contributed by atoms with Crippen molar-refractivity contribution >= 4 is 44.3 Å². The maximum Gasteiger partial charge on any atom is 0.329 e. The van der Waals surface area contributed by atoms with E-state index in [1.54, 1.807) is 30.4 Å². The van der Waals surface area contributed by atoms with Gasteiger partial charge in [-0.3, -0.25) is 24.7 Å². The van der Waals surface area contributed by atoms with Crippen molar-refractivity contribution < 1.29 is 32.5 Å². The Morgan fingerprint density at radius 1 is 1.05 bits per heavy atom. The highest BCUT2D eigenvalue weighted by atomic mass is 32.2. The van der Waals surface area contributed by atoms with Crippen LogP contribution in [0.15, 0.2) is 77.8 Å². The smallest absolute Gasteiger partial charge is 0.329 e. The van der Waals surface area contributed by atoms with Crippen molar-refractivity contribution in [3.8, 4) is 0 Å². The predicted molar refractivity (Wildman–Crippen MR) is 150 cm³/mol. The van der Waals surface area contributed by atoms with Crippen molar-refractivity contribution in [1.29, 1.82) is 0 Å². The highest BCUT2D eigenvalue weighted by Crippen LogP contribution is 2.31. The maximum atomic E-state index is 14.0. The molecule has 14 heteroatoms. The molecule has 218 valence electrons. The molecule has 3 unspecified atom stereocenters. The molecule has 0 spiro atoms. The number of carbonyl (C=O) groups is 3. The maximum absolute atomic E-state index is 14.0. The van der Waals surface area contributed by atoms with E-state index in [0.717, 1.165) is 28.9 Å². The van der Waals surface area contributed by atoms with E-state index in [1.165, 1.54) is 23.2 Å². The van der Waals surface area contributed by atoms with Crippen molar-refractivity contribution in [2.45, 2.75) is 35.9 Å². The number of nitro benzene ring substituents is 1. The van der Waals surface area contributed by atoms with Crippen LogP contribution in [0.5, 0.6) is 0 Å². The molecule has 1 N–H and O–H groups in total. The second-order valence-corrected chi connectivity index (χ2v) is 11.7. The van der Waals surface area contributed by atoms with E-state index in [1.807, 2.05) is 12.1 Å². The number of hydrogen-bond donors (Lipinski definition) is 1. The number of nitro groups is 1. The van der Waals surface area contributed by atoms with Gasteiger partial charge in [-0.1, -0.05) is 48.6 Å². The fourth-order valence-electron chi connectivity index (χ4n) is 5.35. The zero-order valence-electron chi connectivity index (χ0n) is 22.5. The number of para-hydroxylation sites is 1. The summed E-state index contributed by atoms with van der Waals surface area (Å²) >= 11 is 0. The summed E-state index contributed by atoms with van der Waals surface area (Å²) in [6, 6.07) is 10.6. The van der Waals surface area contributed by atoms with Gasteiger partial charge in [-0.05, 0) is 30.4 Å². The van der Waals surface area contributed by atoms with Gasteiger partial charge >= 0.3 is 5.97 Å². The van der Waals surface area contributed by atoms with E-state index in [2.05, 4.69) is 10.3 Å². The van der Waals surface area contributed by atoms with E-state index in [0.29, 0.717) is 5.39 Å². The van der Waals surface area contributed by atoms with E-state index in [4.69, 9.17) is 4.74 Å². The number of nitrogens with zero attached hydrogens (tertiary/aromatic N) is 4. The molecule has 5 rings (SSSR count). The highest BCUT2D eigenvalue weighted by molar-refractivity contribution is 7.89. The first-order valence-corrected chi connectivity index (χ1v) is 14.5. The summed E-state index contributed by atoms with van der Waals surface area (Å²) in [5.41, 5.74) is -0.471. The zero-order valence-corrected chi connectivity index (χ0v) is 23.3. The van der Waals surface area contributed by atoms with Crippen LogP contribution in [0.4, 0.5) is 5.69 Å². The number of methoxy groups -OCH3 is 1. The van der Waals surface area contributed by atoms with Crippen LogP contribution in [-0.4, -0.2) is 83.6 Å². The molecule has 1 aromatic heterocycles. The molecule has 1 fully saturated rings. The topological polar surface area (TPSA) is 169 Å². The first-order valence-electron chi connectivity index (χ1n) is 13.1. The Bertz CT molecular complexity index is 1700. The van der Waals surface area contributed by atoms with Gasteiger partial charge < -0.3 is 15.0 Å². The van der Waals surface area contributed by atoms with Crippen molar-refractivity contribution in [2.75, 3.05) is 20.2 Å². The summed E-state index contributed by atoms with van der Waals surface area (Å²) in [5, 5.41) is 15.7. The van der Waals surface area contributed by atoms with Gasteiger partial charge in [0.25, 0.3) is 11.6 Å². The number of sulfonamides is 1. The van der Waals surface area contributed by atoms with Gasteiger partial charge in [-0.2, -0.15) is 4.31 Å². The molecule has 2 aliphatic heterocycles. The Morgan fingerprint density at radius 2 is 1.76 bits per heavy atom. The number of fused-ring (bicyclic) bond motifs is 2. The fourth-order valence-corrected chi connectivity index (χ4v) is 7.00. The number of carbonyl (C=O) groups excluding carboxylic acids is 3. The normalized spacial score (nSPS) is 21.2. The van der Waals surface area contributed by atoms with E-state index >= 15 is 0 Å². The first-order chi connectivity index (χ1) is 20.1. The average molecular weight is 594 g/mol. The molecule has 13 nitrogen and oxygen atoms in total. The Hall–Kier alpha value is -4.69. The number of nitrogens with one attached hydrogen (secondary N) is 1. The zero-order chi connectivity index (χ0) is 30.0. The lowest BCUT2D eigenvalue weighted by Gasteiger charge is -2.46. The average Bonchev–Trinajstić information content (AvgIpc) is 3.00. The minimum Gasteiger partial charge on any atom is -0.467 e. The van der Waals surface area contributed by atoms with Crippen LogP contribution < -0.4 is 5.32 Å². The van der Waals surface area contributed by atoms with Crippen LogP contribution in [-0.2, 0) is 24.3 Å². The van der Waals surface area contributed by atoms with Crippen LogP contribution in [0.25, 0.3) is 10.8 Å². The van der Waals surface area contributed by atoms with Gasteiger partial charge in [0.2, 0.25) is 15.9 Å². The number of hydrogen-bond acceptors (Lipinski definition) is 9. The van der Waals surface area contributed by atoms with Crippen LogP contribution in [0, 0.1) is 10.1 Å². The molecule has 0 aliphatic carbocycles. The lowest BCUT2D eigenvalue weighted by molar-refractivity contribution is -0.387. The minimum atomic E-state index is -4.45. The molecule has 3 heterocycles. The quantitative estimate of drug-likeness (QED) is 0.194. The van der Waals surface area contributed by atoms with Gasteiger partial charge in [0.15, 0.2) is 4.90 Å². The first kappa shape index (κ1) is 28.8. The summed E-state index contributed by atoms with van der Waals surface area (Å²) in [4.78, 5) is 56.0. The third-order valence-electron chi connectivity index (χ3n) is 7.37. The van der Waals surface area contributed by atoms with Crippen molar-refractivity contribution in [2.24, 2.45) is 0 Å². The number of piperazine rings is 1. The Balaban J connectivity index is 1.47. The summed E-state index contributed by atoms with van der Waals surface area (Å²) in [6.07, 6.45) is 5.28. The van der Waals surface area contributed by atoms with Gasteiger partial charge in [0, 0.05) is 36.8 Å². The number of esters is 1. The molecule has 1 saturated heterocycles. The summed E-state index contributed by atoms with van der Waals surface area (Å²) in [6.45, 7) is -0.720. The standard InChI is InChI=1S/C28H27N5O8S/c1-41-28(36)23-17-31(42(39,40)24-13-7-6-12-22(24)33(37)38)16-19-9-3-5-11-21(27(35)32(19)23)30-26(34)25-20-10-4-2-8-18(20)14-15-29-25/h2-8,10,12-15,19,21,23H,9,11,16-17H2,1H3,(H,30,34). The second kappa shape index (κ2) is 11.7. The number of amides is 2. The molecular formula is C28H27N5O8S. The van der Waals surface area contributed by atoms with Crippen LogP contribution >= 0.6 is 0 Å². The van der Waals surface area contributed by atoms with E-state index in [9.17, 15) is 32.9 Å². The Morgan fingerprint density at radius 3 is 2.52 bits per heavy atom. The predicted octanol–water partition coefficient (Wildman–Crippen LogP) is 2.03. The number of pyridine rings is 1. The van der Waals surface area contributed by atoms with Crippen LogP contribution in [0.1, 0.15) is 23.3 Å². The lowest BCUT2D eigenvalue weighted by Crippen LogP contribution is -2.67. The number of ether oxygens (including phenoxy) is 1. The van der Waals surface area contributed by atoms with E-state index in [-0.39, 0.29) is 25.1 Å². The molecule has 3 aromatic rings. The van der Waals surface area contributed by atoms with Gasteiger partial charge in [-0.15, -0.1) is 0 Å². The molecule has 2 aliphatic rings. The van der Waals surface area contributed by atoms with Gasteiger partial charge in [-0.25, -0.2) is 13.2 Å². The third kappa shape index (κ3) is 5.33. The molecule has 2 aromatic carbocycles. The SMILES string of the molecule is COC(=O)C1CN(S(=O)(=O)c2ccccc2[N+](=O)[O-])CC2CC=CCC(NC(=O)c3nccc4ccccc34)C(=O)N21. The van der Waals surface area contributed by atoms with E-state index < -0.39 is 68.0 Å². The lowest BCUT2D eigenvalue weighted by atomic mass is 9.98. The molecular weight excluding hydrogens is 566 g/mol.